The Kier molecular flexibility index (Phi) is 4.19. The predicted octanol–water partition coefficient (Wildman–Crippen LogP) is 3.02. The minimum absolute atomic E-state index is 0.721. The lowest BCUT2D eigenvalue weighted by Crippen LogP contribution is -2.22. The first-order valence-electron chi connectivity index (χ1n) is 4.28. The summed E-state index contributed by atoms with van der Waals surface area (Å²) in [5.41, 5.74) is 0.982. The van der Waals surface area contributed by atoms with Crippen LogP contribution in [0.25, 0.3) is 0 Å². The number of thiocarbonyl (C=S) groups is 1. The highest BCUT2D eigenvalue weighted by atomic mass is 35.5. The molecule has 0 heterocycles. The number of rotatable bonds is 3. The van der Waals surface area contributed by atoms with Gasteiger partial charge in [0.25, 0.3) is 0 Å². The molecule has 0 saturated heterocycles. The van der Waals surface area contributed by atoms with Gasteiger partial charge >= 0.3 is 0 Å². The van der Waals surface area contributed by atoms with Crippen LogP contribution in [-0.2, 0) is 0 Å². The van der Waals surface area contributed by atoms with Crippen LogP contribution in [0.5, 0.6) is 0 Å². The van der Waals surface area contributed by atoms with Gasteiger partial charge in [-0.3, -0.25) is 0 Å². The van der Waals surface area contributed by atoms with Crippen LogP contribution in [0.3, 0.4) is 0 Å². The molecule has 1 aromatic carbocycles. The van der Waals surface area contributed by atoms with Crippen molar-refractivity contribution in [3.63, 3.8) is 0 Å². The molecule has 0 aliphatic rings. The molecule has 0 bridgehead atoms. The lowest BCUT2D eigenvalue weighted by molar-refractivity contribution is 0.848. The standard InChI is InChI=1S/C10H12ClNS/c1-2-6-12-10(13)8-4-3-5-9(11)7-8/h3-5,7H,2,6H2,1H3,(H,12,13). The topological polar surface area (TPSA) is 12.0 Å². The van der Waals surface area contributed by atoms with E-state index in [4.69, 9.17) is 23.8 Å². The van der Waals surface area contributed by atoms with Gasteiger partial charge in [0.15, 0.2) is 0 Å². The summed E-state index contributed by atoms with van der Waals surface area (Å²) >= 11 is 11.0. The highest BCUT2D eigenvalue weighted by Gasteiger charge is 1.99. The van der Waals surface area contributed by atoms with Crippen LogP contribution in [0.2, 0.25) is 5.02 Å². The highest BCUT2D eigenvalue weighted by molar-refractivity contribution is 7.80. The second-order valence-electron chi connectivity index (χ2n) is 2.77. The van der Waals surface area contributed by atoms with E-state index in [0.29, 0.717) is 0 Å². The van der Waals surface area contributed by atoms with Crippen LogP contribution in [0.15, 0.2) is 24.3 Å². The summed E-state index contributed by atoms with van der Waals surface area (Å²) in [4.78, 5) is 0.768. The van der Waals surface area contributed by atoms with E-state index in [9.17, 15) is 0 Å². The van der Waals surface area contributed by atoms with Crippen LogP contribution >= 0.6 is 23.8 Å². The van der Waals surface area contributed by atoms with Crippen molar-refractivity contribution in [2.45, 2.75) is 13.3 Å². The number of nitrogens with one attached hydrogen (secondary N) is 1. The zero-order chi connectivity index (χ0) is 9.68. The largest absolute Gasteiger partial charge is 0.376 e. The summed E-state index contributed by atoms with van der Waals surface area (Å²) in [5, 5.41) is 3.87. The van der Waals surface area contributed by atoms with E-state index < -0.39 is 0 Å². The molecule has 0 fully saturated rings. The third-order valence-corrected chi connectivity index (χ3v) is 2.24. The van der Waals surface area contributed by atoms with Gasteiger partial charge < -0.3 is 5.32 Å². The van der Waals surface area contributed by atoms with Gasteiger partial charge in [-0.2, -0.15) is 0 Å². The van der Waals surface area contributed by atoms with Gasteiger partial charge in [-0.1, -0.05) is 42.9 Å². The number of hydrogen-bond donors (Lipinski definition) is 1. The molecule has 1 aromatic rings. The molecule has 13 heavy (non-hydrogen) atoms. The first-order valence-corrected chi connectivity index (χ1v) is 5.06. The Morgan fingerprint density at radius 2 is 2.31 bits per heavy atom. The summed E-state index contributed by atoms with van der Waals surface area (Å²) in [6, 6.07) is 7.56. The zero-order valence-electron chi connectivity index (χ0n) is 7.51. The van der Waals surface area contributed by atoms with Gasteiger partial charge in [-0.05, 0) is 18.6 Å². The van der Waals surface area contributed by atoms with E-state index in [0.717, 1.165) is 28.5 Å². The van der Waals surface area contributed by atoms with Crippen molar-refractivity contribution in [2.75, 3.05) is 6.54 Å². The third kappa shape index (κ3) is 3.33. The minimum Gasteiger partial charge on any atom is -0.376 e. The fourth-order valence-electron chi connectivity index (χ4n) is 0.970. The van der Waals surface area contributed by atoms with Crippen LogP contribution in [-0.4, -0.2) is 11.5 Å². The molecule has 0 amide bonds. The SMILES string of the molecule is CCCNC(=S)c1cccc(Cl)c1. The molecule has 0 radical (unpaired) electrons. The second-order valence-corrected chi connectivity index (χ2v) is 3.61. The van der Waals surface area contributed by atoms with Crippen molar-refractivity contribution in [1.29, 1.82) is 0 Å². The highest BCUT2D eigenvalue weighted by Crippen LogP contribution is 2.10. The number of hydrogen-bond acceptors (Lipinski definition) is 1. The van der Waals surface area contributed by atoms with Crippen molar-refractivity contribution in [3.05, 3.63) is 34.9 Å². The third-order valence-electron chi connectivity index (χ3n) is 1.62. The van der Waals surface area contributed by atoms with E-state index in [1.807, 2.05) is 24.3 Å². The normalized spacial score (nSPS) is 9.69. The first kappa shape index (κ1) is 10.5. The Balaban J connectivity index is 2.66. The summed E-state index contributed by atoms with van der Waals surface area (Å²) in [6.45, 7) is 3.01. The Labute approximate surface area is 89.1 Å². The Hall–Kier alpha value is -0.600. The van der Waals surface area contributed by atoms with Gasteiger partial charge in [-0.25, -0.2) is 0 Å². The maximum Gasteiger partial charge on any atom is 0.106 e. The van der Waals surface area contributed by atoms with E-state index in [1.165, 1.54) is 0 Å². The molecule has 0 unspecified atom stereocenters. The predicted molar refractivity (Wildman–Crippen MR) is 61.4 cm³/mol. The van der Waals surface area contributed by atoms with Crippen LogP contribution in [0.1, 0.15) is 18.9 Å². The fraction of sp³-hybridized carbons (Fsp3) is 0.300. The monoisotopic (exact) mass is 213 g/mol. The van der Waals surface area contributed by atoms with Gasteiger partial charge in [0.05, 0.1) is 0 Å². The Morgan fingerprint density at radius 3 is 2.92 bits per heavy atom. The minimum atomic E-state index is 0.721. The van der Waals surface area contributed by atoms with E-state index in [-0.39, 0.29) is 0 Å². The van der Waals surface area contributed by atoms with Gasteiger partial charge in [0.2, 0.25) is 0 Å². The van der Waals surface area contributed by atoms with Crippen molar-refractivity contribution in [2.24, 2.45) is 0 Å². The van der Waals surface area contributed by atoms with Crippen molar-refractivity contribution in [3.8, 4) is 0 Å². The summed E-state index contributed by atoms with van der Waals surface area (Å²) < 4.78 is 0. The average Bonchev–Trinajstić information content (AvgIpc) is 2.14. The van der Waals surface area contributed by atoms with E-state index in [1.54, 1.807) is 0 Å². The molecule has 0 saturated carbocycles. The fourth-order valence-corrected chi connectivity index (χ4v) is 1.39. The lowest BCUT2D eigenvalue weighted by Gasteiger charge is -2.06. The van der Waals surface area contributed by atoms with Crippen LogP contribution in [0, 0.1) is 0 Å². The van der Waals surface area contributed by atoms with Crippen molar-refractivity contribution < 1.29 is 0 Å². The molecule has 3 heteroatoms. The van der Waals surface area contributed by atoms with Gasteiger partial charge in [0.1, 0.15) is 4.99 Å². The molecular formula is C10H12ClNS. The molecule has 0 spiro atoms. The average molecular weight is 214 g/mol. The second kappa shape index (κ2) is 5.20. The maximum atomic E-state index is 5.84. The molecule has 1 N–H and O–H groups in total. The first-order chi connectivity index (χ1) is 6.24. The maximum absolute atomic E-state index is 5.84. The molecule has 0 aromatic heterocycles. The quantitative estimate of drug-likeness (QED) is 0.775. The number of halogens is 1. The van der Waals surface area contributed by atoms with Crippen molar-refractivity contribution in [1.82, 2.24) is 5.32 Å². The molecule has 1 rings (SSSR count). The Morgan fingerprint density at radius 1 is 1.54 bits per heavy atom. The summed E-state index contributed by atoms with van der Waals surface area (Å²) in [5.74, 6) is 0. The van der Waals surface area contributed by atoms with E-state index >= 15 is 0 Å². The molecule has 0 atom stereocenters. The van der Waals surface area contributed by atoms with Crippen LogP contribution in [0.4, 0.5) is 0 Å². The van der Waals surface area contributed by atoms with Crippen molar-refractivity contribution >= 4 is 28.8 Å². The molecule has 0 aliphatic carbocycles. The summed E-state index contributed by atoms with van der Waals surface area (Å²) in [6.07, 6.45) is 1.07. The molecule has 1 nitrogen and oxygen atoms in total. The van der Waals surface area contributed by atoms with Gasteiger partial charge in [0, 0.05) is 17.1 Å². The lowest BCUT2D eigenvalue weighted by atomic mass is 10.2. The van der Waals surface area contributed by atoms with Gasteiger partial charge in [-0.15, -0.1) is 0 Å². The van der Waals surface area contributed by atoms with Crippen LogP contribution < -0.4 is 5.32 Å². The number of benzene rings is 1. The molecule has 0 aliphatic heterocycles. The zero-order valence-corrected chi connectivity index (χ0v) is 9.08. The van der Waals surface area contributed by atoms with E-state index in [2.05, 4.69) is 12.2 Å². The summed E-state index contributed by atoms with van der Waals surface area (Å²) in [7, 11) is 0. The molecule has 70 valence electrons. The smallest absolute Gasteiger partial charge is 0.106 e. The Bertz CT molecular complexity index is 299. The molecular weight excluding hydrogens is 202 g/mol.